The molecule has 0 fully saturated rings. The van der Waals surface area contributed by atoms with Crippen molar-refractivity contribution in [2.24, 2.45) is 0 Å². The van der Waals surface area contributed by atoms with Crippen LogP contribution in [0.25, 0.3) is 0 Å². The smallest absolute Gasteiger partial charge is 0.394 e. The number of hydrogen-bond acceptors (Lipinski definition) is 12. The molecule has 3 amide bonds. The van der Waals surface area contributed by atoms with Crippen LogP contribution in [0.3, 0.4) is 0 Å². The number of aliphatic hydroxyl groups excluding tert-OH is 6. The highest BCUT2D eigenvalue weighted by atomic mass is 28.4. The topological polar surface area (TPSA) is 236 Å². The summed E-state index contributed by atoms with van der Waals surface area (Å²) >= 11 is 0. The van der Waals surface area contributed by atoms with Gasteiger partial charge in [-0.05, 0) is 32.1 Å². The van der Waals surface area contributed by atoms with Gasteiger partial charge in [-0.25, -0.2) is 0 Å². The van der Waals surface area contributed by atoms with Gasteiger partial charge in [0, 0.05) is 31.7 Å². The molecule has 0 unspecified atom stereocenters. The summed E-state index contributed by atoms with van der Waals surface area (Å²) in [5.41, 5.74) is -5.05. The zero-order valence-corrected chi connectivity index (χ0v) is 55.1. The quantitative estimate of drug-likeness (QED) is 0.0157. The van der Waals surface area contributed by atoms with Crippen molar-refractivity contribution in [1.29, 1.82) is 0 Å². The highest BCUT2D eigenvalue weighted by Crippen LogP contribution is 2.27. The first-order valence-corrected chi connectivity index (χ1v) is 35.9. The number of unbranched alkanes of at least 4 members (excludes halogenated alkanes) is 33. The standard InChI is InChI=1S/C65H132N4O12Si/c1-7-11-15-19-23-27-31-35-39-43-48-69(5,6)49-44-50-82(79-57-63(51-70,52-71)66-60(76)45-40-36-32-28-24-20-16-12-8-2,80-58-64(53-72,54-73)67-61(77)46-41-37-33-29-25-21-17-13-9-3)81-59-65(55-74,56-75)68-62(78)47-42-38-34-30-26-22-18-14-10-4/h70-75H,7-59H2,1-6H3,(H2-,66,67,68,76,77,78)/p+1. The van der Waals surface area contributed by atoms with E-state index in [9.17, 15) is 45.0 Å². The van der Waals surface area contributed by atoms with E-state index in [-0.39, 0.29) is 43.0 Å². The first kappa shape index (κ1) is 80.2. The Hall–Kier alpha value is -1.77. The lowest BCUT2D eigenvalue weighted by Crippen LogP contribution is -2.64. The fraction of sp³-hybridized carbons (Fsp3) is 0.954. The molecule has 488 valence electrons. The minimum absolute atomic E-state index is 0.116. The van der Waals surface area contributed by atoms with Crippen LogP contribution in [-0.4, -0.2) is 165 Å². The summed E-state index contributed by atoms with van der Waals surface area (Å²) < 4.78 is 21.1. The monoisotopic (exact) mass is 1190 g/mol. The third kappa shape index (κ3) is 41.3. The van der Waals surface area contributed by atoms with E-state index >= 15 is 0 Å². The van der Waals surface area contributed by atoms with E-state index in [1.165, 1.54) is 148 Å². The van der Waals surface area contributed by atoms with Crippen molar-refractivity contribution in [3.8, 4) is 0 Å². The van der Waals surface area contributed by atoms with Gasteiger partial charge in [-0.15, -0.1) is 0 Å². The Morgan fingerprint density at radius 3 is 0.768 bits per heavy atom. The van der Waals surface area contributed by atoms with Gasteiger partial charge in [0.2, 0.25) is 17.7 Å². The first-order chi connectivity index (χ1) is 39.6. The van der Waals surface area contributed by atoms with Crippen LogP contribution in [0.2, 0.25) is 6.04 Å². The van der Waals surface area contributed by atoms with Crippen LogP contribution in [0.4, 0.5) is 0 Å². The van der Waals surface area contributed by atoms with Gasteiger partial charge in [0.25, 0.3) is 0 Å². The molecular weight excluding hydrogens is 1060 g/mol. The number of amides is 3. The minimum atomic E-state index is -4.33. The van der Waals surface area contributed by atoms with Crippen molar-refractivity contribution in [2.75, 3.05) is 86.6 Å². The molecule has 17 heteroatoms. The number of rotatable bonds is 63. The van der Waals surface area contributed by atoms with E-state index in [1.807, 2.05) is 0 Å². The molecule has 0 aliphatic heterocycles. The van der Waals surface area contributed by atoms with Gasteiger partial charge in [0.05, 0.1) is 86.6 Å². The highest BCUT2D eigenvalue weighted by molar-refractivity contribution is 6.60. The summed E-state index contributed by atoms with van der Waals surface area (Å²) in [4.78, 5) is 40.8. The number of nitrogens with zero attached hydrogens (tertiary/aromatic N) is 1. The van der Waals surface area contributed by atoms with Crippen LogP contribution in [0.15, 0.2) is 0 Å². The second-order valence-electron chi connectivity index (χ2n) is 25.4. The molecule has 0 bridgehead atoms. The summed E-state index contributed by atoms with van der Waals surface area (Å²) in [5.74, 6) is -1.09. The van der Waals surface area contributed by atoms with Gasteiger partial charge in [0.1, 0.15) is 16.6 Å². The van der Waals surface area contributed by atoms with Crippen LogP contribution in [0.1, 0.15) is 291 Å². The minimum Gasteiger partial charge on any atom is -0.394 e. The maximum atomic E-state index is 13.6. The summed E-state index contributed by atoms with van der Waals surface area (Å²) in [5, 5.41) is 74.4. The summed E-state index contributed by atoms with van der Waals surface area (Å²) in [7, 11) is 0.00878. The molecule has 0 heterocycles. The average molecular weight is 1190 g/mol. The molecule has 0 rings (SSSR count). The molecule has 0 spiro atoms. The van der Waals surface area contributed by atoms with E-state index in [1.54, 1.807) is 0 Å². The summed E-state index contributed by atoms with van der Waals surface area (Å²) in [6, 6.07) is 0.116. The number of aliphatic hydroxyl groups is 6. The average Bonchev–Trinajstić information content (AvgIpc) is 3.68. The lowest BCUT2D eigenvalue weighted by atomic mass is 10.0. The maximum Gasteiger partial charge on any atom is 0.501 e. The molecule has 0 atom stereocenters. The van der Waals surface area contributed by atoms with Crippen molar-refractivity contribution in [3.05, 3.63) is 0 Å². The maximum absolute atomic E-state index is 13.6. The van der Waals surface area contributed by atoms with Crippen LogP contribution >= 0.6 is 0 Å². The lowest BCUT2D eigenvalue weighted by molar-refractivity contribution is -0.890. The van der Waals surface area contributed by atoms with Gasteiger partial charge >= 0.3 is 8.80 Å². The molecule has 16 nitrogen and oxygen atoms in total. The normalized spacial score (nSPS) is 12.6. The Morgan fingerprint density at radius 2 is 0.537 bits per heavy atom. The van der Waals surface area contributed by atoms with Crippen LogP contribution in [0, 0.1) is 0 Å². The Labute approximate surface area is 503 Å². The Morgan fingerprint density at radius 1 is 0.329 bits per heavy atom. The van der Waals surface area contributed by atoms with Gasteiger partial charge < -0.3 is 64.4 Å². The zero-order chi connectivity index (χ0) is 61.0. The highest BCUT2D eigenvalue weighted by Gasteiger charge is 2.49. The Kier molecular flexibility index (Phi) is 51.2. The second kappa shape index (κ2) is 52.4. The van der Waals surface area contributed by atoms with Crippen LogP contribution < -0.4 is 16.0 Å². The van der Waals surface area contributed by atoms with E-state index in [0.29, 0.717) is 36.7 Å². The van der Waals surface area contributed by atoms with E-state index in [0.717, 1.165) is 77.2 Å². The molecule has 0 aliphatic rings. The fourth-order valence-electron chi connectivity index (χ4n) is 10.6. The van der Waals surface area contributed by atoms with Gasteiger partial charge in [-0.2, -0.15) is 0 Å². The molecule has 9 N–H and O–H groups in total. The molecule has 0 saturated carbocycles. The summed E-state index contributed by atoms with van der Waals surface area (Å²) in [6.45, 7) is 4.83. The first-order valence-electron chi connectivity index (χ1n) is 33.9. The molecule has 0 aromatic carbocycles. The number of quaternary nitrogens is 1. The predicted octanol–water partition coefficient (Wildman–Crippen LogP) is 11.6. The number of hydrogen-bond donors (Lipinski definition) is 9. The SMILES string of the molecule is CCCCCCCCCCCC[N+](C)(C)CCC[Si](OCC(CO)(CO)NC(=O)CCCCCCCCCCC)(OCC(CO)(CO)NC(=O)CCCCCCCCCCC)OCC(CO)(CO)NC(=O)CCCCCCCCCCC. The number of nitrogens with one attached hydrogen (secondary N) is 3. The van der Waals surface area contributed by atoms with Crippen LogP contribution in [0.5, 0.6) is 0 Å². The molecule has 0 aliphatic carbocycles. The van der Waals surface area contributed by atoms with Crippen LogP contribution in [-0.2, 0) is 27.7 Å². The van der Waals surface area contributed by atoms with Gasteiger partial charge in [-0.3, -0.25) is 14.4 Å². The van der Waals surface area contributed by atoms with Gasteiger partial charge in [-0.1, -0.05) is 233 Å². The number of carbonyl (C=O) groups excluding carboxylic acids is 3. The largest absolute Gasteiger partial charge is 0.501 e. The Bertz CT molecular complexity index is 1350. The van der Waals surface area contributed by atoms with Crippen molar-refractivity contribution < 1.29 is 62.8 Å². The fourth-order valence-corrected chi connectivity index (χ4v) is 13.3. The van der Waals surface area contributed by atoms with Crippen molar-refractivity contribution in [3.63, 3.8) is 0 Å². The summed E-state index contributed by atoms with van der Waals surface area (Å²) in [6.07, 6.45) is 42.4. The Balaban J connectivity index is 6.86. The van der Waals surface area contributed by atoms with E-state index in [2.05, 4.69) is 57.7 Å². The van der Waals surface area contributed by atoms with Crippen molar-refractivity contribution in [2.45, 2.75) is 314 Å². The van der Waals surface area contributed by atoms with Crippen molar-refractivity contribution in [1.82, 2.24) is 16.0 Å². The van der Waals surface area contributed by atoms with Crippen molar-refractivity contribution >= 4 is 26.5 Å². The molecule has 82 heavy (non-hydrogen) atoms. The zero-order valence-electron chi connectivity index (χ0n) is 54.1. The third-order valence-electron chi connectivity index (χ3n) is 16.6. The molecule has 0 aromatic rings. The lowest BCUT2D eigenvalue weighted by Gasteiger charge is -2.41. The predicted molar refractivity (Wildman–Crippen MR) is 337 cm³/mol. The van der Waals surface area contributed by atoms with E-state index < -0.39 is 84.9 Å². The molecule has 0 aromatic heterocycles. The molecule has 0 saturated heterocycles. The number of carbonyl (C=O) groups is 3. The van der Waals surface area contributed by atoms with Gasteiger partial charge in [0.15, 0.2) is 0 Å². The molecule has 0 radical (unpaired) electrons. The second-order valence-corrected chi connectivity index (χ2v) is 28.1. The van der Waals surface area contributed by atoms with E-state index in [4.69, 9.17) is 13.3 Å². The third-order valence-corrected chi connectivity index (χ3v) is 19.3. The molecular formula is C65H133N4O12Si+.